The molecule has 1 saturated heterocycles. The maximum absolute atomic E-state index is 13.2. The molecule has 9 nitrogen and oxygen atoms in total. The molecule has 3 amide bonds. The van der Waals surface area contributed by atoms with Gasteiger partial charge in [0.15, 0.2) is 28.8 Å². The summed E-state index contributed by atoms with van der Waals surface area (Å²) in [7, 11) is 0. The first-order valence-corrected chi connectivity index (χ1v) is 9.93. The number of ketones is 1. The number of urea groups is 1. The van der Waals surface area contributed by atoms with E-state index in [2.05, 4.69) is 5.32 Å². The minimum atomic E-state index is -1.32. The maximum atomic E-state index is 13.2. The third-order valence-corrected chi connectivity index (χ3v) is 5.60. The van der Waals surface area contributed by atoms with E-state index in [0.717, 1.165) is 11.3 Å². The standard InChI is InChI=1S/C22H20N2O7/c1-22(14-4-6-17-19(10-14)31-12-30-17)20(26)24(21(27)23-22)11-15(25)13-3-5-16-18(9-13)29-8-2-7-28-16/h3-6,9-10H,2,7-8,11-12H2,1H3,(H,23,27)/t22-/m1/s1. The fourth-order valence-electron chi connectivity index (χ4n) is 3.82. The summed E-state index contributed by atoms with van der Waals surface area (Å²) in [6, 6.07) is 9.26. The van der Waals surface area contributed by atoms with Crippen molar-refractivity contribution in [1.29, 1.82) is 0 Å². The Bertz CT molecular complexity index is 1100. The van der Waals surface area contributed by atoms with E-state index in [4.69, 9.17) is 18.9 Å². The smallest absolute Gasteiger partial charge is 0.325 e. The molecular formula is C22H20N2O7. The third-order valence-electron chi connectivity index (χ3n) is 5.60. The lowest BCUT2D eigenvalue weighted by Crippen LogP contribution is -2.41. The van der Waals surface area contributed by atoms with E-state index in [-0.39, 0.29) is 19.1 Å². The number of carbonyl (C=O) groups excluding carboxylic acids is 3. The number of benzene rings is 2. The number of nitrogens with zero attached hydrogens (tertiary/aromatic N) is 1. The van der Waals surface area contributed by atoms with Gasteiger partial charge in [-0.25, -0.2) is 4.79 Å². The molecule has 9 heteroatoms. The van der Waals surface area contributed by atoms with Crippen molar-refractivity contribution in [3.05, 3.63) is 47.5 Å². The molecule has 160 valence electrons. The molecule has 0 aromatic heterocycles. The largest absolute Gasteiger partial charge is 0.490 e. The molecule has 1 atom stereocenters. The summed E-state index contributed by atoms with van der Waals surface area (Å²) < 4.78 is 21.9. The summed E-state index contributed by atoms with van der Waals surface area (Å²) in [4.78, 5) is 39.5. The molecule has 1 fully saturated rings. The van der Waals surface area contributed by atoms with E-state index in [9.17, 15) is 14.4 Å². The Morgan fingerprint density at radius 2 is 1.65 bits per heavy atom. The average molecular weight is 424 g/mol. The fourth-order valence-corrected chi connectivity index (χ4v) is 3.82. The van der Waals surface area contributed by atoms with Crippen LogP contribution in [0.5, 0.6) is 23.0 Å². The van der Waals surface area contributed by atoms with Gasteiger partial charge in [-0.2, -0.15) is 0 Å². The molecule has 0 saturated carbocycles. The lowest BCUT2D eigenvalue weighted by molar-refractivity contribution is -0.130. The van der Waals surface area contributed by atoms with E-state index in [1.165, 1.54) is 0 Å². The minimum absolute atomic E-state index is 0.103. The Labute approximate surface area is 177 Å². The first kappa shape index (κ1) is 19.2. The van der Waals surface area contributed by atoms with Crippen molar-refractivity contribution in [3.63, 3.8) is 0 Å². The van der Waals surface area contributed by atoms with Crippen LogP contribution in [0.1, 0.15) is 29.3 Å². The summed E-state index contributed by atoms with van der Waals surface area (Å²) in [6.07, 6.45) is 0.749. The lowest BCUT2D eigenvalue weighted by atomic mass is 9.91. The van der Waals surface area contributed by atoms with Crippen molar-refractivity contribution in [3.8, 4) is 23.0 Å². The van der Waals surface area contributed by atoms with Gasteiger partial charge in [0.2, 0.25) is 6.79 Å². The van der Waals surface area contributed by atoms with E-state index in [1.807, 2.05) is 0 Å². The number of hydrogen-bond donors (Lipinski definition) is 1. The second kappa shape index (κ2) is 7.19. The SMILES string of the molecule is C[C@]1(c2ccc3c(c2)OCO3)NC(=O)N(CC(=O)c2ccc3c(c2)OCCCO3)C1=O. The summed E-state index contributed by atoms with van der Waals surface area (Å²) >= 11 is 0. The van der Waals surface area contributed by atoms with Gasteiger partial charge < -0.3 is 24.3 Å². The van der Waals surface area contributed by atoms with Gasteiger partial charge in [0, 0.05) is 12.0 Å². The molecular weight excluding hydrogens is 404 g/mol. The van der Waals surface area contributed by atoms with Gasteiger partial charge in [-0.15, -0.1) is 0 Å². The second-order valence-corrected chi connectivity index (χ2v) is 7.65. The normalized spacial score (nSPS) is 21.6. The zero-order valence-electron chi connectivity index (χ0n) is 16.8. The minimum Gasteiger partial charge on any atom is -0.490 e. The number of ether oxygens (including phenoxy) is 4. The molecule has 0 unspecified atom stereocenters. The molecule has 3 aliphatic heterocycles. The molecule has 3 aliphatic rings. The number of fused-ring (bicyclic) bond motifs is 2. The number of carbonyl (C=O) groups is 3. The number of imide groups is 1. The number of amides is 3. The van der Waals surface area contributed by atoms with Crippen LogP contribution in [0.15, 0.2) is 36.4 Å². The highest BCUT2D eigenvalue weighted by molar-refractivity contribution is 6.11. The highest BCUT2D eigenvalue weighted by Crippen LogP contribution is 2.38. The number of nitrogens with one attached hydrogen (secondary N) is 1. The van der Waals surface area contributed by atoms with Gasteiger partial charge in [0.25, 0.3) is 5.91 Å². The van der Waals surface area contributed by atoms with Gasteiger partial charge in [-0.3, -0.25) is 14.5 Å². The Hall–Kier alpha value is -3.75. The molecule has 0 bridgehead atoms. The molecule has 0 radical (unpaired) electrons. The molecule has 2 aromatic rings. The Balaban J connectivity index is 1.36. The summed E-state index contributed by atoms with van der Waals surface area (Å²) in [6.45, 7) is 2.35. The molecule has 2 aromatic carbocycles. The van der Waals surface area contributed by atoms with E-state index >= 15 is 0 Å². The van der Waals surface area contributed by atoms with Crippen molar-refractivity contribution >= 4 is 17.7 Å². The average Bonchev–Trinajstić information content (AvgIpc) is 3.22. The Morgan fingerprint density at radius 3 is 2.48 bits per heavy atom. The molecule has 5 rings (SSSR count). The van der Waals surface area contributed by atoms with Crippen LogP contribution in [0.2, 0.25) is 0 Å². The molecule has 31 heavy (non-hydrogen) atoms. The van der Waals surface area contributed by atoms with Crippen LogP contribution in [0.3, 0.4) is 0 Å². The van der Waals surface area contributed by atoms with E-state index in [1.54, 1.807) is 43.3 Å². The molecule has 0 aliphatic carbocycles. The first-order chi connectivity index (χ1) is 15.0. The van der Waals surface area contributed by atoms with Crippen LogP contribution >= 0.6 is 0 Å². The summed E-state index contributed by atoms with van der Waals surface area (Å²) in [5.74, 6) is 1.23. The Morgan fingerprint density at radius 1 is 0.968 bits per heavy atom. The highest BCUT2D eigenvalue weighted by atomic mass is 16.7. The summed E-state index contributed by atoms with van der Waals surface area (Å²) in [5.41, 5.74) is -0.439. The molecule has 1 N–H and O–H groups in total. The van der Waals surface area contributed by atoms with Crippen molar-refractivity contribution in [2.45, 2.75) is 18.9 Å². The van der Waals surface area contributed by atoms with Crippen LogP contribution in [-0.2, 0) is 10.3 Å². The van der Waals surface area contributed by atoms with Gasteiger partial charge in [-0.1, -0.05) is 6.07 Å². The van der Waals surface area contributed by atoms with Gasteiger partial charge in [0.1, 0.15) is 5.54 Å². The predicted octanol–water partition coefficient (Wildman–Crippen LogP) is 2.23. The van der Waals surface area contributed by atoms with Crippen LogP contribution in [0, 0.1) is 0 Å². The van der Waals surface area contributed by atoms with E-state index < -0.39 is 17.5 Å². The zero-order chi connectivity index (χ0) is 21.6. The van der Waals surface area contributed by atoms with Crippen molar-refractivity contribution in [2.75, 3.05) is 26.6 Å². The highest BCUT2D eigenvalue weighted by Gasteiger charge is 2.50. The maximum Gasteiger partial charge on any atom is 0.325 e. The number of rotatable bonds is 4. The van der Waals surface area contributed by atoms with Crippen LogP contribution in [-0.4, -0.2) is 49.2 Å². The number of Topliss-reactive ketones (excluding diaryl/α,β-unsaturated/α-hetero) is 1. The zero-order valence-corrected chi connectivity index (χ0v) is 16.8. The van der Waals surface area contributed by atoms with Crippen molar-refractivity contribution in [2.24, 2.45) is 0 Å². The quantitative estimate of drug-likeness (QED) is 0.593. The first-order valence-electron chi connectivity index (χ1n) is 9.93. The van der Waals surface area contributed by atoms with Crippen LogP contribution < -0.4 is 24.3 Å². The van der Waals surface area contributed by atoms with Crippen LogP contribution in [0.25, 0.3) is 0 Å². The third kappa shape index (κ3) is 3.22. The second-order valence-electron chi connectivity index (χ2n) is 7.65. The number of hydrogen-bond acceptors (Lipinski definition) is 7. The Kier molecular flexibility index (Phi) is 4.46. The van der Waals surface area contributed by atoms with Gasteiger partial charge in [0.05, 0.1) is 19.8 Å². The fraction of sp³-hybridized carbons (Fsp3) is 0.318. The monoisotopic (exact) mass is 424 g/mol. The van der Waals surface area contributed by atoms with Crippen molar-refractivity contribution in [1.82, 2.24) is 10.2 Å². The molecule has 0 spiro atoms. The van der Waals surface area contributed by atoms with Gasteiger partial charge in [-0.05, 0) is 42.8 Å². The van der Waals surface area contributed by atoms with Crippen molar-refractivity contribution < 1.29 is 33.3 Å². The van der Waals surface area contributed by atoms with Crippen LogP contribution in [0.4, 0.5) is 4.79 Å². The topological polar surface area (TPSA) is 103 Å². The lowest BCUT2D eigenvalue weighted by Gasteiger charge is -2.22. The predicted molar refractivity (Wildman–Crippen MR) is 107 cm³/mol. The molecule has 3 heterocycles. The summed E-state index contributed by atoms with van der Waals surface area (Å²) in [5, 5.41) is 2.70. The van der Waals surface area contributed by atoms with Gasteiger partial charge >= 0.3 is 6.03 Å². The van der Waals surface area contributed by atoms with E-state index in [0.29, 0.717) is 47.3 Å².